The van der Waals surface area contributed by atoms with Gasteiger partial charge in [-0.3, -0.25) is 0 Å². The number of rotatable bonds is 1. The lowest BCUT2D eigenvalue weighted by molar-refractivity contribution is -0.157. The molecule has 1 unspecified atom stereocenters. The minimum Gasteiger partial charge on any atom is -0.465 e. The number of aromatic nitrogens is 2. The van der Waals surface area contributed by atoms with E-state index in [1.165, 1.54) is 4.90 Å². The van der Waals surface area contributed by atoms with Gasteiger partial charge in [0, 0.05) is 19.0 Å². The van der Waals surface area contributed by atoms with Crippen LogP contribution in [0, 0.1) is 11.8 Å². The second-order valence-corrected chi connectivity index (χ2v) is 4.48. The number of nitrogens with zero attached hydrogens (tertiary/aromatic N) is 3. The van der Waals surface area contributed by atoms with Crippen molar-refractivity contribution in [3.05, 3.63) is 11.8 Å². The first kappa shape index (κ1) is 11.3. The number of alkyl halides is 3. The van der Waals surface area contributed by atoms with Crippen LogP contribution >= 0.6 is 0 Å². The Morgan fingerprint density at radius 1 is 1.33 bits per heavy atom. The Kier molecular flexibility index (Phi) is 2.11. The quantitative estimate of drug-likeness (QED) is 0.828. The van der Waals surface area contributed by atoms with E-state index in [0.29, 0.717) is 13.1 Å². The number of amides is 1. The molecular formula is C9H8F3N3O3. The molecule has 1 aliphatic carbocycles. The standard InChI is InChI=1S/C9H8F3N3O3/c10-9(11,12)7-14-13-6(18-7)5-3-1-15(8(16)17)2-4(3)5/h3-5H,1-2H2,(H,16,17)/t3-,4+,5?. The molecule has 2 fully saturated rings. The Morgan fingerprint density at radius 3 is 2.39 bits per heavy atom. The SMILES string of the molecule is O=C(O)N1C[C@@H]2C(c3nnc(C(F)(F)F)o3)[C@@H]2C1. The van der Waals surface area contributed by atoms with Crippen molar-refractivity contribution < 1.29 is 27.5 Å². The molecule has 98 valence electrons. The predicted molar refractivity (Wildman–Crippen MR) is 48.6 cm³/mol. The molecule has 1 aliphatic heterocycles. The molecule has 1 amide bonds. The maximum Gasteiger partial charge on any atom is 0.470 e. The molecule has 1 saturated heterocycles. The molecule has 1 aromatic heterocycles. The summed E-state index contributed by atoms with van der Waals surface area (Å²) in [6.07, 6.45) is -5.65. The van der Waals surface area contributed by atoms with Crippen molar-refractivity contribution in [2.24, 2.45) is 11.8 Å². The molecule has 9 heteroatoms. The van der Waals surface area contributed by atoms with Gasteiger partial charge in [-0.15, -0.1) is 10.2 Å². The van der Waals surface area contributed by atoms with Crippen molar-refractivity contribution in [2.45, 2.75) is 12.1 Å². The lowest BCUT2D eigenvalue weighted by Crippen LogP contribution is -2.29. The number of likely N-dealkylation sites (tertiary alicyclic amines) is 1. The van der Waals surface area contributed by atoms with E-state index in [1.807, 2.05) is 0 Å². The summed E-state index contributed by atoms with van der Waals surface area (Å²) in [6, 6.07) is 0. The fourth-order valence-corrected chi connectivity index (χ4v) is 2.53. The van der Waals surface area contributed by atoms with Crippen molar-refractivity contribution in [3.63, 3.8) is 0 Å². The van der Waals surface area contributed by atoms with Gasteiger partial charge < -0.3 is 14.4 Å². The lowest BCUT2D eigenvalue weighted by atomic mass is 10.3. The number of hydrogen-bond donors (Lipinski definition) is 1. The van der Waals surface area contributed by atoms with Gasteiger partial charge in [0.05, 0.1) is 0 Å². The van der Waals surface area contributed by atoms with Crippen LogP contribution in [0.4, 0.5) is 18.0 Å². The van der Waals surface area contributed by atoms with Gasteiger partial charge in [-0.2, -0.15) is 13.2 Å². The molecule has 0 aromatic carbocycles. The van der Waals surface area contributed by atoms with Crippen LogP contribution in [0.1, 0.15) is 17.7 Å². The Labute approximate surface area is 98.4 Å². The van der Waals surface area contributed by atoms with Crippen LogP contribution in [0.3, 0.4) is 0 Å². The minimum absolute atomic E-state index is 0.00244. The third-order valence-corrected chi connectivity index (χ3v) is 3.43. The summed E-state index contributed by atoms with van der Waals surface area (Å²) >= 11 is 0. The van der Waals surface area contributed by atoms with Crippen LogP contribution in [0.15, 0.2) is 4.42 Å². The van der Waals surface area contributed by atoms with E-state index < -0.39 is 18.2 Å². The van der Waals surface area contributed by atoms with Gasteiger partial charge in [0.2, 0.25) is 5.89 Å². The van der Waals surface area contributed by atoms with Crippen LogP contribution in [0.5, 0.6) is 0 Å². The molecule has 18 heavy (non-hydrogen) atoms. The summed E-state index contributed by atoms with van der Waals surface area (Å²) < 4.78 is 41.4. The second kappa shape index (κ2) is 3.36. The molecule has 3 atom stereocenters. The molecule has 0 bridgehead atoms. The van der Waals surface area contributed by atoms with Gasteiger partial charge in [0.15, 0.2) is 0 Å². The minimum atomic E-state index is -4.64. The predicted octanol–water partition coefficient (Wildman–Crippen LogP) is 1.41. The topological polar surface area (TPSA) is 79.5 Å². The van der Waals surface area contributed by atoms with Crippen molar-refractivity contribution in [3.8, 4) is 0 Å². The van der Waals surface area contributed by atoms with Crippen molar-refractivity contribution in [1.29, 1.82) is 0 Å². The van der Waals surface area contributed by atoms with Gasteiger partial charge in [-0.1, -0.05) is 0 Å². The summed E-state index contributed by atoms with van der Waals surface area (Å²) in [5.74, 6) is -1.62. The molecule has 6 nitrogen and oxygen atoms in total. The van der Waals surface area contributed by atoms with Crippen LogP contribution in [0.2, 0.25) is 0 Å². The van der Waals surface area contributed by atoms with Crippen molar-refractivity contribution in [2.75, 3.05) is 13.1 Å². The summed E-state index contributed by atoms with van der Waals surface area (Å²) in [4.78, 5) is 11.9. The molecule has 2 heterocycles. The third-order valence-electron chi connectivity index (χ3n) is 3.43. The Morgan fingerprint density at radius 2 is 1.94 bits per heavy atom. The van der Waals surface area contributed by atoms with E-state index in [2.05, 4.69) is 14.6 Å². The maximum atomic E-state index is 12.3. The highest BCUT2D eigenvalue weighted by molar-refractivity contribution is 5.66. The van der Waals surface area contributed by atoms with Crippen LogP contribution in [0.25, 0.3) is 0 Å². The summed E-state index contributed by atoms with van der Waals surface area (Å²) in [5.41, 5.74) is 0. The molecule has 2 aliphatic rings. The average Bonchev–Trinajstić information content (AvgIpc) is 2.75. The highest BCUT2D eigenvalue weighted by atomic mass is 19.4. The first-order valence-electron chi connectivity index (χ1n) is 5.26. The lowest BCUT2D eigenvalue weighted by Gasteiger charge is -2.14. The largest absolute Gasteiger partial charge is 0.470 e. The van der Waals surface area contributed by atoms with Crippen LogP contribution in [-0.4, -0.2) is 39.4 Å². The molecule has 1 aromatic rings. The molecule has 0 radical (unpaired) electrons. The second-order valence-electron chi connectivity index (χ2n) is 4.48. The number of halogens is 3. The molecule has 0 spiro atoms. The van der Waals surface area contributed by atoms with E-state index in [4.69, 9.17) is 5.11 Å². The normalized spacial score (nSPS) is 30.4. The van der Waals surface area contributed by atoms with Gasteiger partial charge in [-0.25, -0.2) is 4.79 Å². The molecule has 1 saturated carbocycles. The highest BCUT2D eigenvalue weighted by Crippen LogP contribution is 2.57. The van der Waals surface area contributed by atoms with Crippen molar-refractivity contribution >= 4 is 6.09 Å². The fraction of sp³-hybridized carbons (Fsp3) is 0.667. The zero-order valence-corrected chi connectivity index (χ0v) is 8.89. The van der Waals surface area contributed by atoms with Crippen LogP contribution < -0.4 is 0 Å². The summed E-state index contributed by atoms with van der Waals surface area (Å²) in [7, 11) is 0. The van der Waals surface area contributed by atoms with E-state index in [0.717, 1.165) is 0 Å². The van der Waals surface area contributed by atoms with Gasteiger partial charge in [0.25, 0.3) is 0 Å². The van der Waals surface area contributed by atoms with Gasteiger partial charge >= 0.3 is 18.2 Å². The molecule has 3 rings (SSSR count). The number of carboxylic acid groups (broad SMARTS) is 1. The number of hydrogen-bond acceptors (Lipinski definition) is 4. The summed E-state index contributed by atoms with van der Waals surface area (Å²) in [6.45, 7) is 0.628. The fourth-order valence-electron chi connectivity index (χ4n) is 2.53. The first-order chi connectivity index (χ1) is 8.38. The van der Waals surface area contributed by atoms with Crippen molar-refractivity contribution in [1.82, 2.24) is 15.1 Å². The third kappa shape index (κ3) is 1.61. The highest BCUT2D eigenvalue weighted by Gasteiger charge is 2.60. The zero-order chi connectivity index (χ0) is 13.1. The van der Waals surface area contributed by atoms with E-state index >= 15 is 0 Å². The number of piperidine rings is 1. The maximum absolute atomic E-state index is 12.3. The van der Waals surface area contributed by atoms with Crippen LogP contribution in [-0.2, 0) is 6.18 Å². The monoisotopic (exact) mass is 263 g/mol. The Balaban J connectivity index is 1.70. The van der Waals surface area contributed by atoms with Gasteiger partial charge in [0.1, 0.15) is 0 Å². The molecular weight excluding hydrogens is 255 g/mol. The van der Waals surface area contributed by atoms with Gasteiger partial charge in [-0.05, 0) is 11.8 Å². The summed E-state index contributed by atoms with van der Waals surface area (Å²) in [5, 5.41) is 15.1. The first-order valence-corrected chi connectivity index (χ1v) is 5.26. The number of carbonyl (C=O) groups is 1. The Bertz CT molecular complexity index is 489. The number of fused-ring (bicyclic) bond motifs is 1. The molecule has 1 N–H and O–H groups in total. The smallest absolute Gasteiger partial charge is 0.465 e. The zero-order valence-electron chi connectivity index (χ0n) is 8.89. The Hall–Kier alpha value is -1.80. The van der Waals surface area contributed by atoms with E-state index in [-0.39, 0.29) is 23.6 Å². The van der Waals surface area contributed by atoms with E-state index in [1.54, 1.807) is 0 Å². The van der Waals surface area contributed by atoms with E-state index in [9.17, 15) is 18.0 Å². The average molecular weight is 263 g/mol.